The molecule has 3 aromatic rings. The van der Waals surface area contributed by atoms with Crippen LogP contribution < -0.4 is 0 Å². The fraction of sp³-hybridized carbons (Fsp3) is 0.0500. The van der Waals surface area contributed by atoms with Crippen LogP contribution in [0, 0.1) is 6.92 Å². The summed E-state index contributed by atoms with van der Waals surface area (Å²) in [7, 11) is 0. The zero-order valence-corrected chi connectivity index (χ0v) is 12.0. The molecule has 0 saturated heterocycles. The van der Waals surface area contributed by atoms with Gasteiger partial charge in [-0.2, -0.15) is 0 Å². The Kier molecular flexibility index (Phi) is 3.92. The molecule has 0 N–H and O–H groups in total. The van der Waals surface area contributed by atoms with Crippen molar-refractivity contribution in [2.75, 3.05) is 0 Å². The smallest absolute Gasteiger partial charge is 0.0737 e. The van der Waals surface area contributed by atoms with Gasteiger partial charge in [0.1, 0.15) is 0 Å². The first-order chi connectivity index (χ1) is 10.3. The van der Waals surface area contributed by atoms with Crippen LogP contribution in [0.1, 0.15) is 16.7 Å². The van der Waals surface area contributed by atoms with Gasteiger partial charge in [-0.3, -0.25) is 4.98 Å². The molecule has 0 bridgehead atoms. The van der Waals surface area contributed by atoms with E-state index < -0.39 is 0 Å². The first-order valence-corrected chi connectivity index (χ1v) is 7.09. The molecule has 0 spiro atoms. The van der Waals surface area contributed by atoms with Crippen LogP contribution in [0.15, 0.2) is 72.9 Å². The summed E-state index contributed by atoms with van der Waals surface area (Å²) < 4.78 is 0. The molecule has 3 rings (SSSR count). The van der Waals surface area contributed by atoms with Gasteiger partial charge in [0, 0.05) is 11.8 Å². The van der Waals surface area contributed by atoms with Crippen molar-refractivity contribution in [2.45, 2.75) is 6.92 Å². The normalized spacial score (nSPS) is 10.9. The average molecular weight is 271 g/mol. The molecule has 2 aromatic carbocycles. The third-order valence-corrected chi connectivity index (χ3v) is 3.48. The maximum atomic E-state index is 4.53. The lowest BCUT2D eigenvalue weighted by molar-refractivity contribution is 1.27. The van der Waals surface area contributed by atoms with Gasteiger partial charge in [-0.15, -0.1) is 0 Å². The SMILES string of the molecule is Cc1cccnc1-c1ccccc1/C=C/c1ccccc1. The van der Waals surface area contributed by atoms with Crippen molar-refractivity contribution in [3.05, 3.63) is 89.6 Å². The van der Waals surface area contributed by atoms with E-state index >= 15 is 0 Å². The van der Waals surface area contributed by atoms with Crippen LogP contribution in [0.2, 0.25) is 0 Å². The Balaban J connectivity index is 2.01. The fourth-order valence-electron chi connectivity index (χ4n) is 2.38. The Bertz CT molecular complexity index is 758. The number of hydrogen-bond acceptors (Lipinski definition) is 1. The van der Waals surface area contributed by atoms with Crippen LogP contribution in [0.3, 0.4) is 0 Å². The van der Waals surface area contributed by atoms with Crippen molar-refractivity contribution >= 4 is 12.2 Å². The molecule has 0 saturated carbocycles. The molecular formula is C20H17N. The predicted octanol–water partition coefficient (Wildman–Crippen LogP) is 5.23. The van der Waals surface area contributed by atoms with Crippen molar-refractivity contribution < 1.29 is 0 Å². The maximum Gasteiger partial charge on any atom is 0.0737 e. The second kappa shape index (κ2) is 6.19. The number of pyridine rings is 1. The van der Waals surface area contributed by atoms with E-state index in [9.17, 15) is 0 Å². The first kappa shape index (κ1) is 13.3. The molecule has 102 valence electrons. The molecule has 0 unspecified atom stereocenters. The zero-order valence-electron chi connectivity index (χ0n) is 12.0. The highest BCUT2D eigenvalue weighted by Crippen LogP contribution is 2.26. The monoisotopic (exact) mass is 271 g/mol. The molecular weight excluding hydrogens is 254 g/mol. The van der Waals surface area contributed by atoms with E-state index in [2.05, 4.69) is 78.7 Å². The van der Waals surface area contributed by atoms with Gasteiger partial charge in [0.05, 0.1) is 5.69 Å². The van der Waals surface area contributed by atoms with E-state index in [1.54, 1.807) is 0 Å². The lowest BCUT2D eigenvalue weighted by atomic mass is 10.00. The summed E-state index contributed by atoms with van der Waals surface area (Å²) in [6, 6.07) is 22.8. The fourth-order valence-corrected chi connectivity index (χ4v) is 2.38. The van der Waals surface area contributed by atoms with Gasteiger partial charge in [-0.1, -0.05) is 72.8 Å². The van der Waals surface area contributed by atoms with Crippen molar-refractivity contribution in [3.63, 3.8) is 0 Å². The molecule has 1 heteroatoms. The van der Waals surface area contributed by atoms with E-state index in [-0.39, 0.29) is 0 Å². The second-order valence-corrected chi connectivity index (χ2v) is 5.00. The van der Waals surface area contributed by atoms with E-state index in [1.807, 2.05) is 18.3 Å². The number of rotatable bonds is 3. The topological polar surface area (TPSA) is 12.9 Å². The molecule has 21 heavy (non-hydrogen) atoms. The average Bonchev–Trinajstić information content (AvgIpc) is 2.55. The third-order valence-electron chi connectivity index (χ3n) is 3.48. The molecule has 1 nitrogen and oxygen atoms in total. The Morgan fingerprint density at radius 3 is 2.33 bits per heavy atom. The summed E-state index contributed by atoms with van der Waals surface area (Å²) in [6.45, 7) is 2.10. The molecule has 0 aliphatic carbocycles. The third kappa shape index (κ3) is 3.09. The summed E-state index contributed by atoms with van der Waals surface area (Å²) in [5.74, 6) is 0. The zero-order chi connectivity index (χ0) is 14.5. The number of benzene rings is 2. The van der Waals surface area contributed by atoms with Crippen LogP contribution in [-0.4, -0.2) is 4.98 Å². The standard InChI is InChI=1S/C20H17N/c1-16-8-7-15-21-20(16)19-12-6-5-11-18(19)14-13-17-9-3-2-4-10-17/h2-15H,1H3/b14-13+. The van der Waals surface area contributed by atoms with Crippen molar-refractivity contribution in [1.82, 2.24) is 4.98 Å². The molecule has 0 fully saturated rings. The Morgan fingerprint density at radius 1 is 0.762 bits per heavy atom. The molecule has 1 heterocycles. The van der Waals surface area contributed by atoms with Crippen molar-refractivity contribution in [3.8, 4) is 11.3 Å². The van der Waals surface area contributed by atoms with Gasteiger partial charge in [0.15, 0.2) is 0 Å². The first-order valence-electron chi connectivity index (χ1n) is 7.09. The largest absolute Gasteiger partial charge is 0.256 e. The predicted molar refractivity (Wildman–Crippen MR) is 89.8 cm³/mol. The van der Waals surface area contributed by atoms with E-state index in [0.29, 0.717) is 0 Å². The molecule has 0 radical (unpaired) electrons. The van der Waals surface area contributed by atoms with Crippen LogP contribution in [0.25, 0.3) is 23.4 Å². The highest BCUT2D eigenvalue weighted by atomic mass is 14.7. The van der Waals surface area contributed by atoms with Crippen LogP contribution >= 0.6 is 0 Å². The van der Waals surface area contributed by atoms with Gasteiger partial charge in [-0.05, 0) is 29.7 Å². The van der Waals surface area contributed by atoms with Gasteiger partial charge in [0.25, 0.3) is 0 Å². The number of aromatic nitrogens is 1. The Hall–Kier alpha value is -2.67. The summed E-state index contributed by atoms with van der Waals surface area (Å²) in [5, 5.41) is 0. The minimum absolute atomic E-state index is 1.05. The van der Waals surface area contributed by atoms with Crippen LogP contribution in [0.4, 0.5) is 0 Å². The van der Waals surface area contributed by atoms with E-state index in [0.717, 1.165) is 5.69 Å². The van der Waals surface area contributed by atoms with E-state index in [1.165, 1.54) is 22.3 Å². The van der Waals surface area contributed by atoms with Gasteiger partial charge in [-0.25, -0.2) is 0 Å². The lowest BCUT2D eigenvalue weighted by Gasteiger charge is -2.08. The van der Waals surface area contributed by atoms with Crippen LogP contribution in [-0.2, 0) is 0 Å². The van der Waals surface area contributed by atoms with Crippen molar-refractivity contribution in [1.29, 1.82) is 0 Å². The van der Waals surface area contributed by atoms with Gasteiger partial charge in [0.2, 0.25) is 0 Å². The van der Waals surface area contributed by atoms with Crippen LogP contribution in [0.5, 0.6) is 0 Å². The minimum Gasteiger partial charge on any atom is -0.256 e. The number of aryl methyl sites for hydroxylation is 1. The van der Waals surface area contributed by atoms with Crippen molar-refractivity contribution in [2.24, 2.45) is 0 Å². The molecule has 0 atom stereocenters. The number of nitrogens with zero attached hydrogens (tertiary/aromatic N) is 1. The second-order valence-electron chi connectivity index (χ2n) is 5.00. The summed E-state index contributed by atoms with van der Waals surface area (Å²) in [6.07, 6.45) is 6.13. The number of hydrogen-bond donors (Lipinski definition) is 0. The minimum atomic E-state index is 1.05. The lowest BCUT2D eigenvalue weighted by Crippen LogP contribution is -1.89. The quantitative estimate of drug-likeness (QED) is 0.594. The highest BCUT2D eigenvalue weighted by molar-refractivity contribution is 5.80. The highest BCUT2D eigenvalue weighted by Gasteiger charge is 2.05. The summed E-state index contributed by atoms with van der Waals surface area (Å²) >= 11 is 0. The Labute approximate surface area is 125 Å². The summed E-state index contributed by atoms with van der Waals surface area (Å²) in [4.78, 5) is 4.53. The van der Waals surface area contributed by atoms with Gasteiger partial charge < -0.3 is 0 Å². The van der Waals surface area contributed by atoms with Gasteiger partial charge >= 0.3 is 0 Å². The molecule has 0 amide bonds. The van der Waals surface area contributed by atoms with E-state index in [4.69, 9.17) is 0 Å². The maximum absolute atomic E-state index is 4.53. The molecule has 0 aliphatic heterocycles. The molecule has 0 aliphatic rings. The summed E-state index contributed by atoms with van der Waals surface area (Å²) in [5.41, 5.74) is 5.79. The molecule has 1 aromatic heterocycles. The Morgan fingerprint density at radius 2 is 1.52 bits per heavy atom.